The van der Waals surface area contributed by atoms with E-state index in [0.717, 1.165) is 17.4 Å². The van der Waals surface area contributed by atoms with Gasteiger partial charge < -0.3 is 10.6 Å². The van der Waals surface area contributed by atoms with E-state index >= 15 is 0 Å². The van der Waals surface area contributed by atoms with Gasteiger partial charge in [0.2, 0.25) is 0 Å². The smallest absolute Gasteiger partial charge is 0.0785 e. The van der Waals surface area contributed by atoms with Gasteiger partial charge in [0.05, 0.1) is 6.04 Å². The minimum absolute atomic E-state index is 0.121. The molecule has 1 aromatic heterocycles. The van der Waals surface area contributed by atoms with Gasteiger partial charge in [-0.05, 0) is 60.0 Å². The van der Waals surface area contributed by atoms with Crippen molar-refractivity contribution >= 4 is 33.0 Å². The van der Waals surface area contributed by atoms with Crippen molar-refractivity contribution < 1.29 is 0 Å². The highest BCUT2D eigenvalue weighted by atomic mass is 79.9. The van der Waals surface area contributed by atoms with Gasteiger partial charge in [-0.15, -0.1) is 11.3 Å². The lowest BCUT2D eigenvalue weighted by Crippen LogP contribution is -2.40. The van der Waals surface area contributed by atoms with Gasteiger partial charge >= 0.3 is 0 Å². The number of aryl methyl sites for hydroxylation is 1. The number of nitrogens with zero attached hydrogens (tertiary/aromatic N) is 1. The fraction of sp³-hybridized carbons (Fsp3) is 0.412. The second kappa shape index (κ2) is 7.43. The Bertz CT molecular complexity index is 582. The van der Waals surface area contributed by atoms with Crippen molar-refractivity contribution in [2.75, 3.05) is 11.4 Å². The number of halogens is 1. The summed E-state index contributed by atoms with van der Waals surface area (Å²) in [5.74, 6) is 0. The lowest BCUT2D eigenvalue weighted by Gasteiger charge is -2.36. The number of hydrogen-bond acceptors (Lipinski definition) is 3. The van der Waals surface area contributed by atoms with E-state index in [0.29, 0.717) is 0 Å². The Labute approximate surface area is 140 Å². The van der Waals surface area contributed by atoms with Crippen LogP contribution in [0.15, 0.2) is 40.2 Å². The van der Waals surface area contributed by atoms with Crippen LogP contribution in [-0.4, -0.2) is 12.6 Å². The molecule has 0 aliphatic carbocycles. The van der Waals surface area contributed by atoms with E-state index < -0.39 is 0 Å². The van der Waals surface area contributed by atoms with Crippen LogP contribution < -0.4 is 10.6 Å². The van der Waals surface area contributed by atoms with Gasteiger partial charge in [-0.3, -0.25) is 0 Å². The summed E-state index contributed by atoms with van der Waals surface area (Å²) in [6.45, 7) is 7.43. The second-order valence-corrected chi connectivity index (χ2v) is 7.17. The monoisotopic (exact) mass is 366 g/mol. The van der Waals surface area contributed by atoms with Crippen molar-refractivity contribution in [3.05, 3.63) is 50.6 Å². The van der Waals surface area contributed by atoms with Crippen LogP contribution in [0.25, 0.3) is 0 Å². The number of nitrogens with two attached hydrogens (primary N) is 1. The van der Waals surface area contributed by atoms with Crippen molar-refractivity contribution in [2.45, 2.75) is 39.3 Å². The molecule has 2 atom stereocenters. The molecule has 2 N–H and O–H groups in total. The van der Waals surface area contributed by atoms with Gasteiger partial charge in [0, 0.05) is 33.0 Å². The summed E-state index contributed by atoms with van der Waals surface area (Å²) in [5, 5.41) is 2.13. The Morgan fingerprint density at radius 3 is 2.57 bits per heavy atom. The van der Waals surface area contributed by atoms with Crippen molar-refractivity contribution in [1.82, 2.24) is 0 Å². The predicted molar refractivity (Wildman–Crippen MR) is 97.2 cm³/mol. The lowest BCUT2D eigenvalue weighted by molar-refractivity contribution is 0.501. The normalized spacial score (nSPS) is 14.0. The molecule has 2 nitrogen and oxygen atoms in total. The molecule has 0 saturated heterocycles. The fourth-order valence-corrected chi connectivity index (χ4v) is 4.28. The second-order valence-electron chi connectivity index (χ2n) is 5.31. The fourth-order valence-electron chi connectivity index (χ4n) is 2.65. The van der Waals surface area contributed by atoms with Gasteiger partial charge in [-0.25, -0.2) is 0 Å². The highest BCUT2D eigenvalue weighted by Gasteiger charge is 2.26. The van der Waals surface area contributed by atoms with E-state index in [1.165, 1.54) is 16.1 Å². The average molecular weight is 367 g/mol. The first-order valence-corrected chi connectivity index (χ1v) is 9.06. The number of anilines is 1. The molecule has 1 aromatic carbocycles. The van der Waals surface area contributed by atoms with Crippen LogP contribution in [0.5, 0.6) is 0 Å². The Hall–Kier alpha value is -0.840. The SMILES string of the molecule is CCC(N)C(c1cc(Br)cs1)N(CC)c1cccc(C)c1. The van der Waals surface area contributed by atoms with Crippen LogP contribution in [0.4, 0.5) is 5.69 Å². The van der Waals surface area contributed by atoms with Gasteiger partial charge in [-0.1, -0.05) is 19.1 Å². The number of hydrogen-bond donors (Lipinski definition) is 1. The third-order valence-corrected chi connectivity index (χ3v) is 5.53. The largest absolute Gasteiger partial charge is 0.362 e. The number of rotatable bonds is 6. The van der Waals surface area contributed by atoms with E-state index in [-0.39, 0.29) is 12.1 Å². The molecular formula is C17H23BrN2S. The molecule has 21 heavy (non-hydrogen) atoms. The Morgan fingerprint density at radius 2 is 2.05 bits per heavy atom. The maximum atomic E-state index is 6.46. The summed E-state index contributed by atoms with van der Waals surface area (Å²) in [6.07, 6.45) is 0.961. The predicted octanol–water partition coefficient (Wildman–Crippen LogP) is 5.12. The van der Waals surface area contributed by atoms with Crippen molar-refractivity contribution in [3.8, 4) is 0 Å². The molecular weight excluding hydrogens is 344 g/mol. The minimum atomic E-state index is 0.121. The standard InChI is InChI=1S/C17H23BrN2S/c1-4-15(19)17(16-10-13(18)11-21-16)20(5-2)14-8-6-7-12(3)9-14/h6-11,15,17H,4-5,19H2,1-3H3. The number of benzene rings is 1. The van der Waals surface area contributed by atoms with Crippen molar-refractivity contribution in [3.63, 3.8) is 0 Å². The van der Waals surface area contributed by atoms with Gasteiger partial charge in [-0.2, -0.15) is 0 Å². The molecule has 0 amide bonds. The highest BCUT2D eigenvalue weighted by molar-refractivity contribution is 9.10. The topological polar surface area (TPSA) is 29.3 Å². The number of thiophene rings is 1. The first-order valence-electron chi connectivity index (χ1n) is 7.39. The summed E-state index contributed by atoms with van der Waals surface area (Å²) < 4.78 is 1.14. The average Bonchev–Trinajstić information content (AvgIpc) is 2.89. The van der Waals surface area contributed by atoms with E-state index in [1.54, 1.807) is 11.3 Å². The molecule has 0 radical (unpaired) electrons. The highest BCUT2D eigenvalue weighted by Crippen LogP contribution is 2.35. The Balaban J connectivity index is 2.42. The van der Waals surface area contributed by atoms with Gasteiger partial charge in [0.1, 0.15) is 0 Å². The quantitative estimate of drug-likeness (QED) is 0.767. The minimum Gasteiger partial charge on any atom is -0.362 e. The summed E-state index contributed by atoms with van der Waals surface area (Å²) >= 11 is 5.34. The van der Waals surface area contributed by atoms with Crippen LogP contribution in [0, 0.1) is 6.92 Å². The third kappa shape index (κ3) is 3.87. The first-order chi connectivity index (χ1) is 10.1. The van der Waals surface area contributed by atoms with Crippen LogP contribution >= 0.6 is 27.3 Å². The zero-order valence-corrected chi connectivity index (χ0v) is 15.2. The zero-order valence-electron chi connectivity index (χ0n) is 12.8. The third-order valence-electron chi connectivity index (χ3n) is 3.77. The summed E-state index contributed by atoms with van der Waals surface area (Å²) in [7, 11) is 0. The maximum absolute atomic E-state index is 6.46. The molecule has 4 heteroatoms. The molecule has 0 spiro atoms. The molecule has 2 rings (SSSR count). The van der Waals surface area contributed by atoms with E-state index in [2.05, 4.69) is 77.3 Å². The Kier molecular flexibility index (Phi) is 5.85. The Morgan fingerprint density at radius 1 is 1.29 bits per heavy atom. The van der Waals surface area contributed by atoms with E-state index in [9.17, 15) is 0 Å². The molecule has 0 aliphatic rings. The first kappa shape index (κ1) is 16.5. The zero-order chi connectivity index (χ0) is 15.4. The lowest BCUT2D eigenvalue weighted by atomic mass is 10.0. The molecule has 0 fully saturated rings. The molecule has 0 saturated carbocycles. The van der Waals surface area contributed by atoms with E-state index in [1.807, 2.05) is 0 Å². The van der Waals surface area contributed by atoms with Crippen molar-refractivity contribution in [1.29, 1.82) is 0 Å². The molecule has 2 aromatic rings. The molecule has 1 heterocycles. The van der Waals surface area contributed by atoms with Crippen LogP contribution in [0.2, 0.25) is 0 Å². The van der Waals surface area contributed by atoms with Gasteiger partial charge in [0.25, 0.3) is 0 Å². The maximum Gasteiger partial charge on any atom is 0.0785 e. The molecule has 0 bridgehead atoms. The molecule has 0 aliphatic heterocycles. The van der Waals surface area contributed by atoms with Crippen molar-refractivity contribution in [2.24, 2.45) is 5.73 Å². The summed E-state index contributed by atoms with van der Waals surface area (Å²) in [5.41, 5.74) is 8.99. The molecule has 2 unspecified atom stereocenters. The van der Waals surface area contributed by atoms with Crippen LogP contribution in [-0.2, 0) is 0 Å². The van der Waals surface area contributed by atoms with Crippen LogP contribution in [0.1, 0.15) is 36.8 Å². The summed E-state index contributed by atoms with van der Waals surface area (Å²) in [4.78, 5) is 3.74. The van der Waals surface area contributed by atoms with Crippen LogP contribution in [0.3, 0.4) is 0 Å². The molecule has 114 valence electrons. The van der Waals surface area contributed by atoms with E-state index in [4.69, 9.17) is 5.73 Å². The number of likely N-dealkylation sites (N-methyl/N-ethyl adjacent to an activating group) is 1. The summed E-state index contributed by atoms with van der Waals surface area (Å²) in [6, 6.07) is 11.2. The van der Waals surface area contributed by atoms with Gasteiger partial charge in [0.15, 0.2) is 0 Å².